The van der Waals surface area contributed by atoms with E-state index in [9.17, 15) is 0 Å². The van der Waals surface area contributed by atoms with Crippen LogP contribution in [0.5, 0.6) is 0 Å². The molecule has 3 rings (SSSR count). The molecule has 74 valence electrons. The van der Waals surface area contributed by atoms with E-state index in [1.807, 2.05) is 0 Å². The van der Waals surface area contributed by atoms with E-state index < -0.39 is 0 Å². The fourth-order valence-corrected chi connectivity index (χ4v) is 4.53. The Morgan fingerprint density at radius 3 is 2.93 bits per heavy atom. The third kappa shape index (κ3) is 1.43. The van der Waals surface area contributed by atoms with Crippen LogP contribution in [0.2, 0.25) is 0 Å². The molecule has 1 aliphatic rings. The Morgan fingerprint density at radius 2 is 2.00 bits per heavy atom. The van der Waals surface area contributed by atoms with Crippen LogP contribution in [-0.4, -0.2) is 14.5 Å². The summed E-state index contributed by atoms with van der Waals surface area (Å²) < 4.78 is 3.12. The third-order valence-electron chi connectivity index (χ3n) is 2.81. The molecule has 1 aliphatic carbocycles. The fraction of sp³-hybridized carbons (Fsp3) is 0.143. The standard InChI is InChI=1S/C14H12Se/c1-10-6-5-8-12-11-7-3-2-4-9-13(11)15-14(10)12/h3-9H,2H2,1H3. The van der Waals surface area contributed by atoms with Gasteiger partial charge in [0.2, 0.25) is 0 Å². The monoisotopic (exact) mass is 260 g/mol. The van der Waals surface area contributed by atoms with Crippen LogP contribution >= 0.6 is 0 Å². The summed E-state index contributed by atoms with van der Waals surface area (Å²) in [6.45, 7) is 2.22. The molecule has 0 nitrogen and oxygen atoms in total. The van der Waals surface area contributed by atoms with Crippen molar-refractivity contribution in [1.82, 2.24) is 0 Å². The third-order valence-corrected chi connectivity index (χ3v) is 5.58. The van der Waals surface area contributed by atoms with E-state index in [0.29, 0.717) is 14.5 Å². The van der Waals surface area contributed by atoms with Crippen LogP contribution in [0, 0.1) is 6.92 Å². The van der Waals surface area contributed by atoms with Gasteiger partial charge >= 0.3 is 95.6 Å². The Labute approximate surface area is 95.7 Å². The molecule has 2 aromatic rings. The molecule has 0 fully saturated rings. The number of aryl methyl sites for hydroxylation is 1. The van der Waals surface area contributed by atoms with Crippen molar-refractivity contribution in [1.29, 1.82) is 0 Å². The first kappa shape index (κ1) is 9.20. The fourth-order valence-electron chi connectivity index (χ4n) is 2.03. The molecule has 0 bridgehead atoms. The predicted octanol–water partition coefficient (Wildman–Crippen LogP) is 3.64. The molecule has 0 saturated heterocycles. The zero-order chi connectivity index (χ0) is 10.3. The molecular formula is C14H12Se. The van der Waals surface area contributed by atoms with E-state index in [0.717, 1.165) is 6.42 Å². The van der Waals surface area contributed by atoms with Crippen molar-refractivity contribution in [3.05, 3.63) is 45.9 Å². The molecular weight excluding hydrogens is 247 g/mol. The molecule has 0 aliphatic heterocycles. The van der Waals surface area contributed by atoms with Gasteiger partial charge in [-0.1, -0.05) is 0 Å². The topological polar surface area (TPSA) is 0 Å². The molecule has 1 heterocycles. The van der Waals surface area contributed by atoms with E-state index >= 15 is 0 Å². The number of hydrogen-bond acceptors (Lipinski definition) is 0. The second-order valence-electron chi connectivity index (χ2n) is 3.87. The van der Waals surface area contributed by atoms with Crippen molar-refractivity contribution in [2.24, 2.45) is 0 Å². The molecule has 15 heavy (non-hydrogen) atoms. The van der Waals surface area contributed by atoms with Gasteiger partial charge in [-0.25, -0.2) is 0 Å². The van der Waals surface area contributed by atoms with Crippen molar-refractivity contribution in [2.45, 2.75) is 13.3 Å². The van der Waals surface area contributed by atoms with Gasteiger partial charge in [-0.05, 0) is 0 Å². The van der Waals surface area contributed by atoms with Gasteiger partial charge < -0.3 is 0 Å². The van der Waals surface area contributed by atoms with Gasteiger partial charge in [0, 0.05) is 0 Å². The van der Waals surface area contributed by atoms with Gasteiger partial charge in [0.25, 0.3) is 0 Å². The Hall–Kier alpha value is -1.04. The molecule has 0 saturated carbocycles. The first-order valence-electron chi connectivity index (χ1n) is 5.21. The molecule has 0 N–H and O–H groups in total. The van der Waals surface area contributed by atoms with Crippen LogP contribution < -0.4 is 0 Å². The van der Waals surface area contributed by atoms with Crippen LogP contribution in [0.4, 0.5) is 0 Å². The van der Waals surface area contributed by atoms with Crippen LogP contribution in [0.1, 0.15) is 22.0 Å². The van der Waals surface area contributed by atoms with E-state index in [1.54, 1.807) is 8.70 Å². The van der Waals surface area contributed by atoms with Gasteiger partial charge in [-0.3, -0.25) is 0 Å². The van der Waals surface area contributed by atoms with Crippen molar-refractivity contribution < 1.29 is 0 Å². The normalized spacial score (nSPS) is 14.2. The Kier molecular flexibility index (Phi) is 2.16. The van der Waals surface area contributed by atoms with Crippen LogP contribution in [0.3, 0.4) is 0 Å². The van der Waals surface area contributed by atoms with Crippen LogP contribution in [-0.2, 0) is 0 Å². The summed E-state index contributed by atoms with van der Waals surface area (Å²) in [5, 5.41) is 1.47. The SMILES string of the molecule is Cc1cccc2c3c([se]c12)C=CCC=C3. The summed E-state index contributed by atoms with van der Waals surface area (Å²) >= 11 is 0.515. The second-order valence-corrected chi connectivity index (χ2v) is 6.08. The van der Waals surface area contributed by atoms with E-state index in [1.165, 1.54) is 16.5 Å². The van der Waals surface area contributed by atoms with Gasteiger partial charge in [0.1, 0.15) is 0 Å². The maximum atomic E-state index is 2.31. The summed E-state index contributed by atoms with van der Waals surface area (Å²) in [6.07, 6.45) is 10.2. The Bertz CT molecular complexity index is 570. The Balaban J connectivity index is 2.43. The minimum absolute atomic E-state index is 0.515. The summed E-state index contributed by atoms with van der Waals surface area (Å²) in [6, 6.07) is 6.65. The number of fused-ring (bicyclic) bond motifs is 3. The van der Waals surface area contributed by atoms with Crippen molar-refractivity contribution in [3.63, 3.8) is 0 Å². The van der Waals surface area contributed by atoms with Crippen molar-refractivity contribution in [3.8, 4) is 0 Å². The summed E-state index contributed by atoms with van der Waals surface area (Å²) in [5.41, 5.74) is 2.91. The molecule has 0 spiro atoms. The van der Waals surface area contributed by atoms with E-state index in [-0.39, 0.29) is 0 Å². The van der Waals surface area contributed by atoms with Gasteiger partial charge in [0.05, 0.1) is 0 Å². The average molecular weight is 259 g/mol. The Morgan fingerprint density at radius 1 is 1.13 bits per heavy atom. The molecule has 0 amide bonds. The first-order chi connectivity index (χ1) is 7.36. The number of benzene rings is 1. The van der Waals surface area contributed by atoms with Gasteiger partial charge in [-0.2, -0.15) is 0 Å². The molecule has 0 unspecified atom stereocenters. The van der Waals surface area contributed by atoms with Gasteiger partial charge in [-0.15, -0.1) is 0 Å². The van der Waals surface area contributed by atoms with Gasteiger partial charge in [0.15, 0.2) is 0 Å². The molecule has 1 aromatic heterocycles. The number of allylic oxidation sites excluding steroid dienone is 2. The predicted molar refractivity (Wildman–Crippen MR) is 68.3 cm³/mol. The maximum absolute atomic E-state index is 2.31. The molecule has 1 heteroatoms. The average Bonchev–Trinajstić information content (AvgIpc) is 2.45. The first-order valence-corrected chi connectivity index (χ1v) is 6.93. The zero-order valence-electron chi connectivity index (χ0n) is 8.66. The molecule has 0 radical (unpaired) electrons. The quantitative estimate of drug-likeness (QED) is 0.634. The second kappa shape index (κ2) is 3.52. The van der Waals surface area contributed by atoms with E-state index in [2.05, 4.69) is 49.4 Å². The summed E-state index contributed by atoms with van der Waals surface area (Å²) in [4.78, 5) is 0. The number of hydrogen-bond donors (Lipinski definition) is 0. The summed E-state index contributed by atoms with van der Waals surface area (Å²) in [7, 11) is 0. The van der Waals surface area contributed by atoms with E-state index in [4.69, 9.17) is 0 Å². The molecule has 0 atom stereocenters. The van der Waals surface area contributed by atoms with Crippen molar-refractivity contribution in [2.75, 3.05) is 0 Å². The van der Waals surface area contributed by atoms with Crippen molar-refractivity contribution >= 4 is 36.3 Å². The zero-order valence-corrected chi connectivity index (χ0v) is 10.4. The van der Waals surface area contributed by atoms with Crippen LogP contribution in [0.15, 0.2) is 30.4 Å². The molecule has 1 aromatic carbocycles. The summed E-state index contributed by atoms with van der Waals surface area (Å²) in [5.74, 6) is 0. The van der Waals surface area contributed by atoms with Crippen LogP contribution in [0.25, 0.3) is 21.8 Å². The minimum atomic E-state index is 0.515. The number of rotatable bonds is 0.